The van der Waals surface area contributed by atoms with Gasteiger partial charge in [0, 0.05) is 24.7 Å². The second kappa shape index (κ2) is 12.1. The number of ether oxygens (including phenoxy) is 1. The van der Waals surface area contributed by atoms with Gasteiger partial charge in [-0.25, -0.2) is 4.79 Å². The molecule has 0 fully saturated rings. The lowest BCUT2D eigenvalue weighted by molar-refractivity contribution is 0.0696. The third-order valence-electron chi connectivity index (χ3n) is 7.45. The second-order valence-electron chi connectivity index (χ2n) is 10.5. The maximum absolute atomic E-state index is 13.5. The largest absolute Gasteiger partial charge is 0.478 e. The zero-order valence-electron chi connectivity index (χ0n) is 23.7. The Morgan fingerprint density at radius 3 is 2.07 bits per heavy atom. The number of nitrogens with one attached hydrogen (secondary N) is 1. The summed E-state index contributed by atoms with van der Waals surface area (Å²) in [5.41, 5.74) is 6.96. The maximum atomic E-state index is 13.5. The Balaban J connectivity index is 1.30. The first kappa shape index (κ1) is 27.5. The van der Waals surface area contributed by atoms with Crippen molar-refractivity contribution in [2.24, 2.45) is 0 Å². The van der Waals surface area contributed by atoms with E-state index in [-0.39, 0.29) is 18.0 Å². The number of nitrogens with zero attached hydrogens (tertiary/aromatic N) is 1. The van der Waals surface area contributed by atoms with E-state index in [9.17, 15) is 9.59 Å². The van der Waals surface area contributed by atoms with Crippen molar-refractivity contribution in [2.45, 2.75) is 20.0 Å². The molecule has 1 amide bonds. The molecule has 6 rings (SSSR count). The average Bonchev–Trinajstić information content (AvgIpc) is 3.45. The molecule has 2 N–H and O–H groups in total. The predicted octanol–water partition coefficient (Wildman–Crippen LogP) is 8.09. The Morgan fingerprint density at radius 1 is 0.744 bits per heavy atom. The van der Waals surface area contributed by atoms with Crippen LogP contribution in [0, 0.1) is 6.92 Å². The number of carboxylic acid groups (broad SMARTS) is 1. The van der Waals surface area contributed by atoms with Gasteiger partial charge in [-0.3, -0.25) is 4.79 Å². The van der Waals surface area contributed by atoms with Gasteiger partial charge in [0.1, 0.15) is 11.5 Å². The third kappa shape index (κ3) is 6.19. The Bertz CT molecular complexity index is 1890. The van der Waals surface area contributed by atoms with Crippen molar-refractivity contribution in [1.82, 2.24) is 9.88 Å². The summed E-state index contributed by atoms with van der Waals surface area (Å²) in [6.07, 6.45) is 1.98. The number of fused-ring (bicyclic) bond motifs is 1. The zero-order valence-corrected chi connectivity index (χ0v) is 23.7. The third-order valence-corrected chi connectivity index (χ3v) is 7.45. The van der Waals surface area contributed by atoms with Gasteiger partial charge in [0.25, 0.3) is 5.91 Å². The molecule has 1 aromatic heterocycles. The molecule has 0 aliphatic rings. The molecule has 0 aliphatic heterocycles. The van der Waals surface area contributed by atoms with Crippen LogP contribution in [0.5, 0.6) is 11.5 Å². The lowest BCUT2D eigenvalue weighted by Gasteiger charge is -2.14. The van der Waals surface area contributed by atoms with E-state index in [1.54, 1.807) is 18.2 Å². The van der Waals surface area contributed by atoms with Crippen LogP contribution in [0.25, 0.3) is 22.0 Å². The SMILES string of the molecule is Cc1ccc(-c2ccc(Cn3ccc4c(Oc5ccccc5)ccc(C(=O)NCc5ccc(C(=O)O)cc5)c43)cc2)cc1. The van der Waals surface area contributed by atoms with Crippen molar-refractivity contribution in [2.75, 3.05) is 0 Å². The molecule has 1 heterocycles. The van der Waals surface area contributed by atoms with Gasteiger partial charge >= 0.3 is 5.97 Å². The van der Waals surface area contributed by atoms with E-state index in [0.717, 1.165) is 27.6 Å². The van der Waals surface area contributed by atoms with Crippen molar-refractivity contribution in [3.63, 3.8) is 0 Å². The molecule has 6 nitrogen and oxygen atoms in total. The van der Waals surface area contributed by atoms with Crippen LogP contribution in [0.15, 0.2) is 128 Å². The molecule has 0 spiro atoms. The molecule has 0 radical (unpaired) electrons. The summed E-state index contributed by atoms with van der Waals surface area (Å²) >= 11 is 0. The van der Waals surface area contributed by atoms with E-state index in [1.165, 1.54) is 23.3 Å². The van der Waals surface area contributed by atoms with E-state index >= 15 is 0 Å². The molecule has 212 valence electrons. The monoisotopic (exact) mass is 566 g/mol. The predicted molar refractivity (Wildman–Crippen MR) is 169 cm³/mol. The molecular weight excluding hydrogens is 536 g/mol. The van der Waals surface area contributed by atoms with Gasteiger partial charge in [0.05, 0.1) is 16.6 Å². The van der Waals surface area contributed by atoms with Gasteiger partial charge < -0.3 is 19.7 Å². The molecule has 5 aromatic carbocycles. The Kier molecular flexibility index (Phi) is 7.74. The number of benzene rings is 5. The number of aryl methyl sites for hydroxylation is 1. The molecule has 0 aliphatic carbocycles. The van der Waals surface area contributed by atoms with Crippen LogP contribution in [-0.4, -0.2) is 21.6 Å². The van der Waals surface area contributed by atoms with Gasteiger partial charge in [-0.2, -0.15) is 0 Å². The highest BCUT2D eigenvalue weighted by Gasteiger charge is 2.18. The van der Waals surface area contributed by atoms with Crippen molar-refractivity contribution in [3.05, 3.63) is 155 Å². The summed E-state index contributed by atoms with van der Waals surface area (Å²) in [6, 6.07) is 38.6. The van der Waals surface area contributed by atoms with Gasteiger partial charge in [-0.1, -0.05) is 84.4 Å². The highest BCUT2D eigenvalue weighted by molar-refractivity contribution is 6.07. The minimum Gasteiger partial charge on any atom is -0.478 e. The summed E-state index contributed by atoms with van der Waals surface area (Å²) in [5, 5.41) is 13.0. The molecule has 43 heavy (non-hydrogen) atoms. The van der Waals surface area contributed by atoms with Crippen molar-refractivity contribution >= 4 is 22.8 Å². The van der Waals surface area contributed by atoms with E-state index < -0.39 is 5.97 Å². The fourth-order valence-corrected chi connectivity index (χ4v) is 5.11. The topological polar surface area (TPSA) is 80.6 Å². The highest BCUT2D eigenvalue weighted by Crippen LogP contribution is 2.34. The number of para-hydroxylation sites is 1. The molecule has 6 heteroatoms. The summed E-state index contributed by atoms with van der Waals surface area (Å²) in [7, 11) is 0. The van der Waals surface area contributed by atoms with Gasteiger partial charge in [0.15, 0.2) is 0 Å². The van der Waals surface area contributed by atoms with Crippen LogP contribution in [0.3, 0.4) is 0 Å². The molecule has 0 bridgehead atoms. The van der Waals surface area contributed by atoms with E-state index in [2.05, 4.69) is 65.3 Å². The summed E-state index contributed by atoms with van der Waals surface area (Å²) in [6.45, 7) is 2.92. The fourth-order valence-electron chi connectivity index (χ4n) is 5.11. The van der Waals surface area contributed by atoms with Gasteiger partial charge in [0.2, 0.25) is 0 Å². The van der Waals surface area contributed by atoms with Crippen molar-refractivity contribution in [3.8, 4) is 22.6 Å². The fraction of sp³-hybridized carbons (Fsp3) is 0.0811. The van der Waals surface area contributed by atoms with Gasteiger partial charge in [-0.05, 0) is 71.6 Å². The summed E-state index contributed by atoms with van der Waals surface area (Å²) in [4.78, 5) is 24.7. The van der Waals surface area contributed by atoms with Crippen LogP contribution in [0.1, 0.15) is 37.4 Å². The van der Waals surface area contributed by atoms with Crippen LogP contribution in [0.2, 0.25) is 0 Å². The lowest BCUT2D eigenvalue weighted by Crippen LogP contribution is -2.23. The standard InChI is InChI=1S/C37H30N2O4/c1-25-7-13-28(14-8-25)29-15-11-27(12-16-29)24-39-22-21-32-34(43-31-5-3-2-4-6-31)20-19-33(35(32)39)36(40)38-23-26-9-17-30(18-10-26)37(41)42/h2-22H,23-24H2,1H3,(H,38,40)(H,41,42). The normalized spacial score (nSPS) is 10.9. The van der Waals surface area contributed by atoms with E-state index in [0.29, 0.717) is 23.6 Å². The number of carboxylic acids is 1. The Labute approximate surface area is 249 Å². The molecule has 0 unspecified atom stereocenters. The number of amides is 1. The Morgan fingerprint density at radius 2 is 1.40 bits per heavy atom. The van der Waals surface area contributed by atoms with Gasteiger partial charge in [-0.15, -0.1) is 0 Å². The number of carbonyl (C=O) groups is 2. The molecule has 0 saturated carbocycles. The van der Waals surface area contributed by atoms with Crippen molar-refractivity contribution in [1.29, 1.82) is 0 Å². The number of aromatic nitrogens is 1. The maximum Gasteiger partial charge on any atom is 0.335 e. The molecule has 0 saturated heterocycles. The quantitative estimate of drug-likeness (QED) is 0.185. The first-order valence-corrected chi connectivity index (χ1v) is 14.1. The van der Waals surface area contributed by atoms with Crippen LogP contribution in [0.4, 0.5) is 0 Å². The first-order valence-electron chi connectivity index (χ1n) is 14.1. The van der Waals surface area contributed by atoms with E-state index in [4.69, 9.17) is 9.84 Å². The first-order chi connectivity index (χ1) is 20.9. The summed E-state index contributed by atoms with van der Waals surface area (Å²) in [5.74, 6) is 0.162. The number of rotatable bonds is 9. The van der Waals surface area contributed by atoms with Crippen LogP contribution < -0.4 is 10.1 Å². The Hall–Kier alpha value is -5.62. The number of aromatic carboxylic acids is 1. The molecule has 6 aromatic rings. The minimum atomic E-state index is -0.985. The average molecular weight is 567 g/mol. The molecular formula is C37H30N2O4. The highest BCUT2D eigenvalue weighted by atomic mass is 16.5. The van der Waals surface area contributed by atoms with E-state index in [1.807, 2.05) is 48.7 Å². The van der Waals surface area contributed by atoms with Crippen molar-refractivity contribution < 1.29 is 19.4 Å². The zero-order chi connectivity index (χ0) is 29.8. The summed E-state index contributed by atoms with van der Waals surface area (Å²) < 4.78 is 8.30. The molecule has 0 atom stereocenters. The second-order valence-corrected chi connectivity index (χ2v) is 10.5. The lowest BCUT2D eigenvalue weighted by atomic mass is 10.0. The smallest absolute Gasteiger partial charge is 0.335 e. The number of hydrogen-bond donors (Lipinski definition) is 2. The van der Waals surface area contributed by atoms with Crippen LogP contribution in [-0.2, 0) is 13.1 Å². The van der Waals surface area contributed by atoms with Crippen LogP contribution >= 0.6 is 0 Å². The number of carbonyl (C=O) groups excluding carboxylic acids is 1. The minimum absolute atomic E-state index is 0.204. The number of hydrogen-bond acceptors (Lipinski definition) is 3.